The molecule has 7 heteroatoms. The van der Waals surface area contributed by atoms with Crippen LogP contribution >= 0.6 is 11.6 Å². The Hall–Kier alpha value is -2.99. The van der Waals surface area contributed by atoms with Crippen molar-refractivity contribution in [3.05, 3.63) is 59.2 Å². The maximum absolute atomic E-state index is 10.1. The first-order chi connectivity index (χ1) is 13.6. The zero-order chi connectivity index (χ0) is 19.3. The van der Waals surface area contributed by atoms with Crippen LogP contribution in [0.2, 0.25) is 5.02 Å². The lowest BCUT2D eigenvalue weighted by atomic mass is 10.2. The molecule has 1 aliphatic heterocycles. The Morgan fingerprint density at radius 2 is 1.61 bits per heavy atom. The third kappa shape index (κ3) is 2.64. The fraction of sp³-hybridized carbons (Fsp3) is 0.238. The SMILES string of the molecule is Cc1nn2c(nc(N3CCN(c4ccccc4O)CC3)c3ccccc32)c1Cl. The molecule has 28 heavy (non-hydrogen) atoms. The molecule has 5 rings (SSSR count). The fourth-order valence-corrected chi connectivity index (χ4v) is 4.06. The predicted octanol–water partition coefficient (Wildman–Crippen LogP) is 3.88. The highest BCUT2D eigenvalue weighted by molar-refractivity contribution is 6.34. The number of phenols is 1. The van der Waals surface area contributed by atoms with Crippen molar-refractivity contribution >= 4 is 39.7 Å². The molecule has 2 aromatic heterocycles. The van der Waals surface area contributed by atoms with E-state index in [1.165, 1.54) is 0 Å². The van der Waals surface area contributed by atoms with Crippen LogP contribution in [0.15, 0.2) is 48.5 Å². The van der Waals surface area contributed by atoms with Crippen molar-refractivity contribution in [2.45, 2.75) is 6.92 Å². The van der Waals surface area contributed by atoms with E-state index >= 15 is 0 Å². The second-order valence-corrected chi connectivity index (χ2v) is 7.43. The van der Waals surface area contributed by atoms with Crippen molar-refractivity contribution in [1.82, 2.24) is 14.6 Å². The van der Waals surface area contributed by atoms with Crippen molar-refractivity contribution in [3.63, 3.8) is 0 Å². The summed E-state index contributed by atoms with van der Waals surface area (Å²) in [7, 11) is 0. The van der Waals surface area contributed by atoms with E-state index in [9.17, 15) is 5.11 Å². The average molecular weight is 394 g/mol. The van der Waals surface area contributed by atoms with E-state index in [-0.39, 0.29) is 0 Å². The van der Waals surface area contributed by atoms with Gasteiger partial charge in [0.1, 0.15) is 16.6 Å². The zero-order valence-electron chi connectivity index (χ0n) is 15.5. The minimum Gasteiger partial charge on any atom is -0.506 e. The standard InChI is InChI=1S/C21H20ClN5O/c1-14-19(22)21-23-20(15-6-2-3-7-16(15)27(21)24-14)26-12-10-25(11-13-26)17-8-4-5-9-18(17)28/h2-9,28H,10-13H2,1H3. The Morgan fingerprint density at radius 1 is 0.929 bits per heavy atom. The minimum absolute atomic E-state index is 0.322. The minimum atomic E-state index is 0.322. The summed E-state index contributed by atoms with van der Waals surface area (Å²) < 4.78 is 1.83. The summed E-state index contributed by atoms with van der Waals surface area (Å²) >= 11 is 6.47. The highest BCUT2D eigenvalue weighted by Crippen LogP contribution is 2.32. The largest absolute Gasteiger partial charge is 0.506 e. The lowest BCUT2D eigenvalue weighted by Crippen LogP contribution is -2.47. The number of phenolic OH excluding ortho intramolecular Hbond substituents is 1. The third-order valence-electron chi connectivity index (χ3n) is 5.35. The van der Waals surface area contributed by atoms with E-state index in [0.29, 0.717) is 16.4 Å². The maximum Gasteiger partial charge on any atom is 0.176 e. The molecule has 1 fully saturated rings. The van der Waals surface area contributed by atoms with Gasteiger partial charge in [-0.1, -0.05) is 35.9 Å². The van der Waals surface area contributed by atoms with E-state index in [4.69, 9.17) is 16.6 Å². The molecule has 0 bridgehead atoms. The van der Waals surface area contributed by atoms with Gasteiger partial charge in [-0.05, 0) is 31.2 Å². The van der Waals surface area contributed by atoms with Gasteiger partial charge in [0, 0.05) is 31.6 Å². The van der Waals surface area contributed by atoms with Crippen molar-refractivity contribution in [2.75, 3.05) is 36.0 Å². The molecule has 0 spiro atoms. The van der Waals surface area contributed by atoms with Crippen LogP contribution in [-0.2, 0) is 0 Å². The van der Waals surface area contributed by atoms with Gasteiger partial charge in [-0.3, -0.25) is 0 Å². The van der Waals surface area contributed by atoms with E-state index in [1.54, 1.807) is 6.07 Å². The summed E-state index contributed by atoms with van der Waals surface area (Å²) in [6.45, 7) is 5.14. The van der Waals surface area contributed by atoms with Gasteiger partial charge in [0.25, 0.3) is 0 Å². The van der Waals surface area contributed by atoms with Crippen molar-refractivity contribution in [2.24, 2.45) is 0 Å². The molecule has 142 valence electrons. The Kier molecular flexibility index (Phi) is 4.02. The highest BCUT2D eigenvalue weighted by atomic mass is 35.5. The Labute approximate surface area is 167 Å². The number of rotatable bonds is 2. The summed E-state index contributed by atoms with van der Waals surface area (Å²) in [5.74, 6) is 1.25. The molecule has 2 aromatic carbocycles. The van der Waals surface area contributed by atoms with Gasteiger partial charge < -0.3 is 14.9 Å². The molecule has 1 aliphatic rings. The molecule has 0 atom stereocenters. The summed E-state index contributed by atoms with van der Waals surface area (Å²) in [6.07, 6.45) is 0. The average Bonchev–Trinajstić information content (AvgIpc) is 3.02. The van der Waals surface area contributed by atoms with Crippen LogP contribution in [-0.4, -0.2) is 45.9 Å². The van der Waals surface area contributed by atoms with E-state index in [1.807, 2.05) is 41.8 Å². The van der Waals surface area contributed by atoms with Crippen molar-refractivity contribution in [3.8, 4) is 5.75 Å². The number of nitrogens with zero attached hydrogens (tertiary/aromatic N) is 5. The number of aromatic nitrogens is 3. The zero-order valence-corrected chi connectivity index (χ0v) is 16.3. The Balaban J connectivity index is 1.53. The highest BCUT2D eigenvalue weighted by Gasteiger charge is 2.23. The molecule has 0 amide bonds. The van der Waals surface area contributed by atoms with Gasteiger partial charge in [0.2, 0.25) is 0 Å². The Bertz CT molecular complexity index is 1180. The maximum atomic E-state index is 10.1. The molecule has 3 heterocycles. The number of fused-ring (bicyclic) bond motifs is 3. The van der Waals surface area contributed by atoms with Gasteiger partial charge >= 0.3 is 0 Å². The second kappa shape index (κ2) is 6.56. The molecule has 6 nitrogen and oxygen atoms in total. The molecule has 0 radical (unpaired) electrons. The quantitative estimate of drug-likeness (QED) is 0.560. The summed E-state index contributed by atoms with van der Waals surface area (Å²) in [5.41, 5.74) is 3.35. The second-order valence-electron chi connectivity index (χ2n) is 7.05. The lowest BCUT2D eigenvalue weighted by Gasteiger charge is -2.37. The number of anilines is 2. The number of aromatic hydroxyl groups is 1. The predicted molar refractivity (Wildman–Crippen MR) is 113 cm³/mol. The molecule has 0 aliphatic carbocycles. The van der Waals surface area contributed by atoms with Gasteiger partial charge in [-0.25, -0.2) is 9.50 Å². The van der Waals surface area contributed by atoms with Gasteiger partial charge in [0.15, 0.2) is 5.65 Å². The summed E-state index contributed by atoms with van der Waals surface area (Å²) in [5, 5.41) is 16.4. The molecular formula is C21H20ClN5O. The number of aryl methyl sites for hydroxylation is 1. The van der Waals surface area contributed by atoms with Crippen LogP contribution < -0.4 is 9.80 Å². The molecular weight excluding hydrogens is 374 g/mol. The Morgan fingerprint density at radius 3 is 2.39 bits per heavy atom. The monoisotopic (exact) mass is 393 g/mol. The van der Waals surface area contributed by atoms with Crippen molar-refractivity contribution < 1.29 is 5.11 Å². The number of piperazine rings is 1. The molecule has 1 N–H and O–H groups in total. The van der Waals surface area contributed by atoms with E-state index < -0.39 is 0 Å². The van der Waals surface area contributed by atoms with Crippen molar-refractivity contribution in [1.29, 1.82) is 0 Å². The normalized spacial score (nSPS) is 14.9. The first kappa shape index (κ1) is 17.1. The first-order valence-corrected chi connectivity index (χ1v) is 9.73. The number of benzene rings is 2. The fourth-order valence-electron chi connectivity index (χ4n) is 3.90. The third-order valence-corrected chi connectivity index (χ3v) is 5.79. The number of para-hydroxylation sites is 3. The van der Waals surface area contributed by atoms with Crippen LogP contribution in [0.4, 0.5) is 11.5 Å². The number of halogens is 1. The topological polar surface area (TPSA) is 56.9 Å². The van der Waals surface area contributed by atoms with Crippen LogP contribution in [0.5, 0.6) is 5.75 Å². The number of hydrogen-bond acceptors (Lipinski definition) is 5. The summed E-state index contributed by atoms with van der Waals surface area (Å²) in [4.78, 5) is 9.39. The summed E-state index contributed by atoms with van der Waals surface area (Å²) in [6, 6.07) is 15.6. The van der Waals surface area contributed by atoms with Gasteiger partial charge in [0.05, 0.1) is 16.9 Å². The molecule has 0 unspecified atom stereocenters. The smallest absolute Gasteiger partial charge is 0.176 e. The van der Waals surface area contributed by atoms with Crippen LogP contribution in [0, 0.1) is 6.92 Å². The van der Waals surface area contributed by atoms with Crippen LogP contribution in [0.3, 0.4) is 0 Å². The first-order valence-electron chi connectivity index (χ1n) is 9.35. The lowest BCUT2D eigenvalue weighted by molar-refractivity contribution is 0.472. The number of hydrogen-bond donors (Lipinski definition) is 1. The molecule has 1 saturated heterocycles. The van der Waals surface area contributed by atoms with E-state index in [0.717, 1.165) is 54.3 Å². The molecule has 4 aromatic rings. The van der Waals surface area contributed by atoms with Gasteiger partial charge in [-0.15, -0.1) is 0 Å². The molecule has 0 saturated carbocycles. The van der Waals surface area contributed by atoms with Gasteiger partial charge in [-0.2, -0.15) is 5.10 Å². The van der Waals surface area contributed by atoms with Crippen LogP contribution in [0.25, 0.3) is 16.6 Å². The van der Waals surface area contributed by atoms with Crippen LogP contribution in [0.1, 0.15) is 5.69 Å². The van der Waals surface area contributed by atoms with E-state index in [2.05, 4.69) is 27.0 Å².